The van der Waals surface area contributed by atoms with E-state index in [9.17, 15) is 4.79 Å². The first-order chi connectivity index (χ1) is 6.83. The molecule has 0 heterocycles. The summed E-state index contributed by atoms with van der Waals surface area (Å²) in [4.78, 5) is 11.3. The molecule has 81 valence electrons. The van der Waals surface area contributed by atoms with E-state index < -0.39 is 0 Å². The molecule has 0 spiro atoms. The smallest absolute Gasteiger partial charge is 0.220 e. The fourth-order valence-corrected chi connectivity index (χ4v) is 1.48. The van der Waals surface area contributed by atoms with Crippen LogP contribution in [0.3, 0.4) is 0 Å². The molecule has 0 aromatic carbocycles. The van der Waals surface area contributed by atoms with Crippen molar-refractivity contribution in [1.82, 2.24) is 5.32 Å². The molecule has 1 N–H and O–H groups in total. The topological polar surface area (TPSA) is 29.1 Å². The Labute approximate surface area is 87.5 Å². The summed E-state index contributed by atoms with van der Waals surface area (Å²) < 4.78 is 0. The van der Waals surface area contributed by atoms with Crippen molar-refractivity contribution in [2.24, 2.45) is 5.92 Å². The van der Waals surface area contributed by atoms with Gasteiger partial charge < -0.3 is 5.32 Å². The van der Waals surface area contributed by atoms with Crippen LogP contribution in [0, 0.1) is 12.8 Å². The van der Waals surface area contributed by atoms with Crippen LogP contribution in [0.2, 0.25) is 0 Å². The van der Waals surface area contributed by atoms with E-state index in [1.807, 2.05) is 0 Å². The lowest BCUT2D eigenvalue weighted by atomic mass is 10.1. The molecule has 0 aliphatic heterocycles. The molecule has 14 heavy (non-hydrogen) atoms. The minimum atomic E-state index is 0.242. The highest BCUT2D eigenvalue weighted by Crippen LogP contribution is 2.27. The maximum absolute atomic E-state index is 11.3. The molecule has 2 nitrogen and oxygen atoms in total. The zero-order valence-electron chi connectivity index (χ0n) is 9.06. The van der Waals surface area contributed by atoms with Gasteiger partial charge >= 0.3 is 0 Å². The Hall–Kier alpha value is -0.530. The first kappa shape index (κ1) is 11.5. The number of unbranched alkanes of at least 4 members (excludes halogenated alkanes) is 4. The molecule has 0 aromatic heterocycles. The largest absolute Gasteiger partial charge is 0.356 e. The zero-order valence-corrected chi connectivity index (χ0v) is 9.06. The van der Waals surface area contributed by atoms with Gasteiger partial charge in [0.25, 0.3) is 0 Å². The Morgan fingerprint density at radius 2 is 1.93 bits per heavy atom. The highest BCUT2D eigenvalue weighted by atomic mass is 16.1. The minimum absolute atomic E-state index is 0.242. The first-order valence-electron chi connectivity index (χ1n) is 5.89. The maximum Gasteiger partial charge on any atom is 0.220 e. The monoisotopic (exact) mass is 196 g/mol. The lowest BCUT2D eigenvalue weighted by Gasteiger charge is -2.03. The molecule has 1 aliphatic rings. The molecular weight excluding hydrogens is 174 g/mol. The molecule has 1 fully saturated rings. The number of hydrogen-bond donors (Lipinski definition) is 1. The zero-order chi connectivity index (χ0) is 10.2. The summed E-state index contributed by atoms with van der Waals surface area (Å²) in [6, 6.07) is 0. The number of nitrogens with one attached hydrogen (secondary N) is 1. The predicted octanol–water partition coefficient (Wildman–Crippen LogP) is 2.69. The van der Waals surface area contributed by atoms with E-state index in [1.165, 1.54) is 32.1 Å². The lowest BCUT2D eigenvalue weighted by molar-refractivity contribution is -0.121. The van der Waals surface area contributed by atoms with E-state index in [4.69, 9.17) is 0 Å². The van der Waals surface area contributed by atoms with Crippen molar-refractivity contribution < 1.29 is 4.79 Å². The minimum Gasteiger partial charge on any atom is -0.356 e. The second-order valence-electron chi connectivity index (χ2n) is 4.27. The van der Waals surface area contributed by atoms with Crippen molar-refractivity contribution in [2.75, 3.05) is 6.54 Å². The second-order valence-corrected chi connectivity index (χ2v) is 4.27. The van der Waals surface area contributed by atoms with Crippen LogP contribution in [0.25, 0.3) is 0 Å². The van der Waals surface area contributed by atoms with Crippen molar-refractivity contribution in [2.45, 2.75) is 51.4 Å². The third-order valence-corrected chi connectivity index (χ3v) is 2.69. The number of carbonyl (C=O) groups excluding carboxylic acids is 1. The Balaban J connectivity index is 1.81. The standard InChI is InChI=1S/C12H22NO/c1-2-3-4-5-6-7-12(14)13-10-11-8-9-11/h11H,1-10H2,(H,13,14). The molecule has 0 bridgehead atoms. The molecule has 1 saturated carbocycles. The molecule has 1 aliphatic carbocycles. The van der Waals surface area contributed by atoms with Gasteiger partial charge in [0.05, 0.1) is 0 Å². The van der Waals surface area contributed by atoms with E-state index in [-0.39, 0.29) is 5.91 Å². The van der Waals surface area contributed by atoms with Crippen LogP contribution in [-0.2, 0) is 4.79 Å². The van der Waals surface area contributed by atoms with Crippen LogP contribution >= 0.6 is 0 Å². The van der Waals surface area contributed by atoms with Gasteiger partial charge in [-0.1, -0.05) is 32.6 Å². The Morgan fingerprint density at radius 3 is 2.57 bits per heavy atom. The molecular formula is C12H22NO. The Kier molecular flexibility index (Phi) is 5.65. The Bertz CT molecular complexity index is 164. The van der Waals surface area contributed by atoms with E-state index >= 15 is 0 Å². The number of amides is 1. The van der Waals surface area contributed by atoms with Crippen LogP contribution in [0.1, 0.15) is 51.4 Å². The molecule has 0 unspecified atom stereocenters. The van der Waals surface area contributed by atoms with Gasteiger partial charge in [0.2, 0.25) is 5.91 Å². The van der Waals surface area contributed by atoms with Crippen LogP contribution < -0.4 is 5.32 Å². The molecule has 1 amide bonds. The van der Waals surface area contributed by atoms with Crippen LogP contribution in [-0.4, -0.2) is 12.5 Å². The van der Waals surface area contributed by atoms with Gasteiger partial charge in [0, 0.05) is 13.0 Å². The second kappa shape index (κ2) is 6.86. The van der Waals surface area contributed by atoms with Crippen molar-refractivity contribution in [1.29, 1.82) is 0 Å². The number of rotatable bonds is 8. The van der Waals surface area contributed by atoms with Crippen LogP contribution in [0.15, 0.2) is 0 Å². The van der Waals surface area contributed by atoms with Gasteiger partial charge in [-0.3, -0.25) is 4.79 Å². The summed E-state index contributed by atoms with van der Waals surface area (Å²) >= 11 is 0. The summed E-state index contributed by atoms with van der Waals surface area (Å²) in [5, 5.41) is 2.98. The van der Waals surface area contributed by atoms with E-state index in [1.54, 1.807) is 0 Å². The van der Waals surface area contributed by atoms with Gasteiger partial charge in [-0.15, -0.1) is 0 Å². The molecule has 0 atom stereocenters. The van der Waals surface area contributed by atoms with Crippen molar-refractivity contribution in [3.8, 4) is 0 Å². The van der Waals surface area contributed by atoms with Gasteiger partial charge in [-0.25, -0.2) is 0 Å². The van der Waals surface area contributed by atoms with Crippen LogP contribution in [0.5, 0.6) is 0 Å². The van der Waals surface area contributed by atoms with Crippen molar-refractivity contribution in [3.05, 3.63) is 6.92 Å². The quantitative estimate of drug-likeness (QED) is 0.594. The fraction of sp³-hybridized carbons (Fsp3) is 0.833. The average Bonchev–Trinajstić information content (AvgIpc) is 2.98. The molecule has 0 saturated heterocycles. The number of carbonyl (C=O) groups is 1. The van der Waals surface area contributed by atoms with Crippen molar-refractivity contribution in [3.63, 3.8) is 0 Å². The molecule has 1 radical (unpaired) electrons. The fourth-order valence-electron chi connectivity index (χ4n) is 1.48. The molecule has 0 aromatic rings. The number of hydrogen-bond acceptors (Lipinski definition) is 1. The summed E-state index contributed by atoms with van der Waals surface area (Å²) in [5.41, 5.74) is 0. The summed E-state index contributed by atoms with van der Waals surface area (Å²) in [7, 11) is 0. The molecule has 1 rings (SSSR count). The third-order valence-electron chi connectivity index (χ3n) is 2.69. The van der Waals surface area contributed by atoms with Gasteiger partial charge in [0.15, 0.2) is 0 Å². The predicted molar refractivity (Wildman–Crippen MR) is 58.8 cm³/mol. The SMILES string of the molecule is [CH2]CCCCCCC(=O)NCC1CC1. The molecule has 2 heteroatoms. The summed E-state index contributed by atoms with van der Waals surface area (Å²) in [6.07, 6.45) is 8.98. The van der Waals surface area contributed by atoms with Gasteiger partial charge in [0.1, 0.15) is 0 Å². The maximum atomic E-state index is 11.3. The lowest BCUT2D eigenvalue weighted by Crippen LogP contribution is -2.25. The Morgan fingerprint density at radius 1 is 1.21 bits per heavy atom. The summed E-state index contributed by atoms with van der Waals surface area (Å²) in [5.74, 6) is 1.04. The first-order valence-corrected chi connectivity index (χ1v) is 5.89. The van der Waals surface area contributed by atoms with Gasteiger partial charge in [-0.2, -0.15) is 0 Å². The van der Waals surface area contributed by atoms with Crippen LogP contribution in [0.4, 0.5) is 0 Å². The average molecular weight is 196 g/mol. The highest BCUT2D eigenvalue weighted by molar-refractivity contribution is 5.75. The van der Waals surface area contributed by atoms with E-state index in [2.05, 4.69) is 12.2 Å². The van der Waals surface area contributed by atoms with Crippen molar-refractivity contribution >= 4 is 5.91 Å². The van der Waals surface area contributed by atoms with Gasteiger partial charge in [-0.05, 0) is 25.2 Å². The highest BCUT2D eigenvalue weighted by Gasteiger charge is 2.21. The van der Waals surface area contributed by atoms with E-state index in [0.717, 1.165) is 25.3 Å². The third kappa shape index (κ3) is 6.01. The van der Waals surface area contributed by atoms with E-state index in [0.29, 0.717) is 6.42 Å². The normalized spacial score (nSPS) is 15.5. The summed E-state index contributed by atoms with van der Waals surface area (Å²) in [6.45, 7) is 4.71.